The van der Waals surface area contributed by atoms with E-state index < -0.39 is 12.0 Å². The van der Waals surface area contributed by atoms with Gasteiger partial charge < -0.3 is 14.4 Å². The SMILES string of the molecule is CCN(C[C@@H]1COc2ccccc2O1)c1ccc2nnc(C(F)(F)F)n2n1. The molecule has 10 heteroatoms. The molecular formula is C17H16F3N5O2. The van der Waals surface area contributed by atoms with Crippen LogP contribution in [-0.2, 0) is 6.18 Å². The van der Waals surface area contributed by atoms with Gasteiger partial charge in [0.25, 0.3) is 5.82 Å². The minimum Gasteiger partial charge on any atom is -0.486 e. The summed E-state index contributed by atoms with van der Waals surface area (Å²) in [4.78, 5) is 1.82. The number of likely N-dealkylation sites (N-methyl/N-ethyl adjacent to an activating group) is 1. The van der Waals surface area contributed by atoms with Crippen molar-refractivity contribution in [2.75, 3.05) is 24.6 Å². The molecular weight excluding hydrogens is 363 g/mol. The first-order valence-corrected chi connectivity index (χ1v) is 8.39. The van der Waals surface area contributed by atoms with Gasteiger partial charge in [-0.1, -0.05) is 12.1 Å². The largest absolute Gasteiger partial charge is 0.486 e. The third-order valence-corrected chi connectivity index (χ3v) is 4.20. The average Bonchev–Trinajstić information content (AvgIpc) is 3.09. The molecule has 4 rings (SSSR count). The number of hydrogen-bond donors (Lipinski definition) is 0. The fourth-order valence-electron chi connectivity index (χ4n) is 2.91. The maximum Gasteiger partial charge on any atom is 0.453 e. The van der Waals surface area contributed by atoms with Crippen LogP contribution in [-0.4, -0.2) is 45.6 Å². The monoisotopic (exact) mass is 379 g/mol. The third-order valence-electron chi connectivity index (χ3n) is 4.20. The number of ether oxygens (including phenoxy) is 2. The molecule has 1 aromatic carbocycles. The number of hydrogen-bond acceptors (Lipinski definition) is 6. The number of para-hydroxylation sites is 2. The van der Waals surface area contributed by atoms with Gasteiger partial charge in [-0.3, -0.25) is 0 Å². The number of halogens is 3. The van der Waals surface area contributed by atoms with Crippen LogP contribution < -0.4 is 14.4 Å². The zero-order chi connectivity index (χ0) is 19.0. The van der Waals surface area contributed by atoms with Gasteiger partial charge in [-0.05, 0) is 31.2 Å². The molecule has 3 heterocycles. The van der Waals surface area contributed by atoms with Crippen LogP contribution in [0.2, 0.25) is 0 Å². The molecule has 27 heavy (non-hydrogen) atoms. The lowest BCUT2D eigenvalue weighted by atomic mass is 10.2. The van der Waals surface area contributed by atoms with Crippen molar-refractivity contribution in [2.24, 2.45) is 0 Å². The molecule has 2 aromatic heterocycles. The van der Waals surface area contributed by atoms with Crippen molar-refractivity contribution in [1.29, 1.82) is 0 Å². The maximum absolute atomic E-state index is 13.1. The maximum atomic E-state index is 13.1. The van der Waals surface area contributed by atoms with Crippen LogP contribution in [0.25, 0.3) is 5.65 Å². The van der Waals surface area contributed by atoms with Gasteiger partial charge in [-0.15, -0.1) is 15.3 Å². The Kier molecular flexibility index (Phi) is 4.25. The summed E-state index contributed by atoms with van der Waals surface area (Å²) in [5.41, 5.74) is 0.0355. The van der Waals surface area contributed by atoms with E-state index in [1.165, 1.54) is 6.07 Å². The van der Waals surface area contributed by atoms with Crippen molar-refractivity contribution in [3.05, 3.63) is 42.2 Å². The first kappa shape index (κ1) is 17.4. The van der Waals surface area contributed by atoms with Gasteiger partial charge in [0.05, 0.1) is 6.54 Å². The highest BCUT2D eigenvalue weighted by molar-refractivity contribution is 5.46. The highest BCUT2D eigenvalue weighted by Gasteiger charge is 2.37. The molecule has 0 fully saturated rings. The Morgan fingerprint density at radius 3 is 2.67 bits per heavy atom. The highest BCUT2D eigenvalue weighted by atomic mass is 19.4. The van der Waals surface area contributed by atoms with E-state index in [-0.39, 0.29) is 11.8 Å². The summed E-state index contributed by atoms with van der Waals surface area (Å²) >= 11 is 0. The number of benzene rings is 1. The quantitative estimate of drug-likeness (QED) is 0.695. The minimum atomic E-state index is -4.63. The van der Waals surface area contributed by atoms with E-state index in [1.807, 2.05) is 36.1 Å². The molecule has 1 aliphatic heterocycles. The Labute approximate surface area is 152 Å². The van der Waals surface area contributed by atoms with Crippen LogP contribution in [0.15, 0.2) is 36.4 Å². The third kappa shape index (κ3) is 3.34. The second kappa shape index (κ2) is 6.60. The summed E-state index contributed by atoms with van der Waals surface area (Å²) in [6.45, 7) is 3.17. The summed E-state index contributed by atoms with van der Waals surface area (Å²) in [6, 6.07) is 10.4. The van der Waals surface area contributed by atoms with Crippen LogP contribution in [0.3, 0.4) is 0 Å². The van der Waals surface area contributed by atoms with Crippen LogP contribution in [0.4, 0.5) is 19.0 Å². The van der Waals surface area contributed by atoms with Crippen LogP contribution in [0.1, 0.15) is 12.7 Å². The lowest BCUT2D eigenvalue weighted by molar-refractivity contribution is -0.146. The predicted octanol–water partition coefficient (Wildman–Crippen LogP) is 2.81. The van der Waals surface area contributed by atoms with Gasteiger partial charge in [-0.25, -0.2) is 0 Å². The zero-order valence-electron chi connectivity index (χ0n) is 14.3. The summed E-state index contributed by atoms with van der Waals surface area (Å²) in [5, 5.41) is 10.8. The second-order valence-electron chi connectivity index (χ2n) is 6.02. The van der Waals surface area contributed by atoms with Crippen LogP contribution in [0, 0.1) is 0 Å². The van der Waals surface area contributed by atoms with Crippen molar-refractivity contribution in [2.45, 2.75) is 19.2 Å². The van der Waals surface area contributed by atoms with Gasteiger partial charge in [0, 0.05) is 6.54 Å². The number of alkyl halides is 3. The number of anilines is 1. The van der Waals surface area contributed by atoms with Crippen molar-refractivity contribution in [3.8, 4) is 11.5 Å². The van der Waals surface area contributed by atoms with Crippen molar-refractivity contribution in [1.82, 2.24) is 19.8 Å². The molecule has 142 valence electrons. The van der Waals surface area contributed by atoms with E-state index >= 15 is 0 Å². The normalized spacial score (nSPS) is 16.5. The number of aromatic nitrogens is 4. The first-order chi connectivity index (χ1) is 13.0. The molecule has 0 aliphatic carbocycles. The van der Waals surface area contributed by atoms with Crippen molar-refractivity contribution < 1.29 is 22.6 Å². The van der Waals surface area contributed by atoms with Gasteiger partial charge in [0.1, 0.15) is 12.4 Å². The number of rotatable bonds is 4. The molecule has 0 radical (unpaired) electrons. The Morgan fingerprint density at radius 1 is 1.15 bits per heavy atom. The van der Waals surface area contributed by atoms with E-state index in [2.05, 4.69) is 15.3 Å². The molecule has 0 amide bonds. The first-order valence-electron chi connectivity index (χ1n) is 8.39. The average molecular weight is 379 g/mol. The molecule has 0 spiro atoms. The molecule has 0 saturated carbocycles. The smallest absolute Gasteiger partial charge is 0.453 e. The summed E-state index contributed by atoms with van der Waals surface area (Å²) in [7, 11) is 0. The highest BCUT2D eigenvalue weighted by Crippen LogP contribution is 2.31. The predicted molar refractivity (Wildman–Crippen MR) is 90.0 cm³/mol. The molecule has 1 atom stereocenters. The van der Waals surface area contributed by atoms with Crippen LogP contribution in [0.5, 0.6) is 11.5 Å². The van der Waals surface area contributed by atoms with Crippen molar-refractivity contribution >= 4 is 11.5 Å². The lowest BCUT2D eigenvalue weighted by Gasteiger charge is -2.31. The lowest BCUT2D eigenvalue weighted by Crippen LogP contribution is -2.41. The van der Waals surface area contributed by atoms with Gasteiger partial charge in [-0.2, -0.15) is 17.7 Å². The molecule has 7 nitrogen and oxygen atoms in total. The van der Waals surface area contributed by atoms with Crippen molar-refractivity contribution in [3.63, 3.8) is 0 Å². The Bertz CT molecular complexity index is 959. The van der Waals surface area contributed by atoms with Gasteiger partial charge in [0.2, 0.25) is 0 Å². The Hall–Kier alpha value is -3.04. The fraction of sp³-hybridized carbons (Fsp3) is 0.353. The summed E-state index contributed by atoms with van der Waals surface area (Å²) in [6.07, 6.45) is -4.91. The second-order valence-corrected chi connectivity index (χ2v) is 6.02. The summed E-state index contributed by atoms with van der Waals surface area (Å²) < 4.78 is 51.5. The standard InChI is InChI=1S/C17H16F3N5O2/c1-2-24(9-11-10-26-12-5-3-4-6-13(12)27-11)15-8-7-14-21-22-16(17(18,19)20)25(14)23-15/h3-8,11H,2,9-10H2,1H3/t11-/m1/s1. The van der Waals surface area contributed by atoms with Gasteiger partial charge in [0.15, 0.2) is 23.3 Å². The topological polar surface area (TPSA) is 64.8 Å². The fourth-order valence-corrected chi connectivity index (χ4v) is 2.91. The number of nitrogens with zero attached hydrogens (tertiary/aromatic N) is 5. The Morgan fingerprint density at radius 2 is 1.93 bits per heavy atom. The molecule has 0 N–H and O–H groups in total. The van der Waals surface area contributed by atoms with E-state index in [9.17, 15) is 13.2 Å². The van der Waals surface area contributed by atoms with E-state index in [4.69, 9.17) is 9.47 Å². The summed E-state index contributed by atoms with van der Waals surface area (Å²) in [5.74, 6) is 0.543. The Balaban J connectivity index is 1.58. The molecule has 0 saturated heterocycles. The van der Waals surface area contributed by atoms with E-state index in [1.54, 1.807) is 6.07 Å². The van der Waals surface area contributed by atoms with E-state index in [0.717, 1.165) is 0 Å². The van der Waals surface area contributed by atoms with Gasteiger partial charge >= 0.3 is 6.18 Å². The molecule has 0 bridgehead atoms. The van der Waals surface area contributed by atoms with E-state index in [0.29, 0.717) is 41.5 Å². The van der Waals surface area contributed by atoms with Crippen LogP contribution >= 0.6 is 0 Å². The zero-order valence-corrected chi connectivity index (χ0v) is 14.3. The molecule has 3 aromatic rings. The molecule has 0 unspecified atom stereocenters. The molecule has 1 aliphatic rings. The number of fused-ring (bicyclic) bond motifs is 2. The minimum absolute atomic E-state index is 0.0355.